The number of nitrogens with two attached hydrogens (primary N) is 1. The Hall–Kier alpha value is -2.01. The maximum atomic E-state index is 10.0. The van der Waals surface area contributed by atoms with Crippen LogP contribution < -0.4 is 5.73 Å². The Kier molecular flexibility index (Phi) is 3.25. The second kappa shape index (κ2) is 4.70. The van der Waals surface area contributed by atoms with E-state index in [4.69, 9.17) is 10.3 Å². The van der Waals surface area contributed by atoms with Gasteiger partial charge >= 0.3 is 0 Å². The van der Waals surface area contributed by atoms with Gasteiger partial charge in [0.25, 0.3) is 0 Å². The van der Waals surface area contributed by atoms with Crippen molar-refractivity contribution in [2.45, 2.75) is 13.5 Å². The summed E-state index contributed by atoms with van der Waals surface area (Å²) < 4.78 is 4.86. The fraction of sp³-hybridized carbons (Fsp3) is 0.308. The largest absolute Gasteiger partial charge is 0.507 e. The molecule has 0 fully saturated rings. The van der Waals surface area contributed by atoms with Gasteiger partial charge in [-0.1, -0.05) is 5.16 Å². The first kappa shape index (κ1) is 12.4. The second-order valence-corrected chi connectivity index (χ2v) is 4.64. The molecule has 2 aromatic rings. The van der Waals surface area contributed by atoms with Crippen molar-refractivity contribution in [2.75, 3.05) is 19.8 Å². The summed E-state index contributed by atoms with van der Waals surface area (Å²) in [7, 11) is 3.91. The predicted octanol–water partition coefficient (Wildman–Crippen LogP) is 2.00. The summed E-state index contributed by atoms with van der Waals surface area (Å²) in [6.07, 6.45) is 1.58. The molecule has 2 rings (SSSR count). The number of aromatic hydroxyl groups is 1. The molecule has 3 N–H and O–H groups in total. The first-order valence-corrected chi connectivity index (χ1v) is 5.66. The number of aromatic nitrogens is 1. The summed E-state index contributed by atoms with van der Waals surface area (Å²) in [5.74, 6) is 0.610. The van der Waals surface area contributed by atoms with Crippen molar-refractivity contribution >= 4 is 5.88 Å². The zero-order valence-corrected chi connectivity index (χ0v) is 10.8. The number of hydrogen-bond acceptors (Lipinski definition) is 5. The number of benzene rings is 1. The topological polar surface area (TPSA) is 75.5 Å². The van der Waals surface area contributed by atoms with E-state index in [1.54, 1.807) is 6.20 Å². The average Bonchev–Trinajstić information content (AvgIpc) is 2.70. The minimum Gasteiger partial charge on any atom is -0.507 e. The zero-order valence-electron chi connectivity index (χ0n) is 10.8. The molecule has 0 unspecified atom stereocenters. The first-order valence-electron chi connectivity index (χ1n) is 5.66. The van der Waals surface area contributed by atoms with Crippen LogP contribution in [-0.4, -0.2) is 29.3 Å². The lowest BCUT2D eigenvalue weighted by atomic mass is 10.0. The summed E-state index contributed by atoms with van der Waals surface area (Å²) in [4.78, 5) is 2.00. The van der Waals surface area contributed by atoms with Gasteiger partial charge in [-0.2, -0.15) is 0 Å². The molecule has 0 radical (unpaired) electrons. The van der Waals surface area contributed by atoms with Crippen LogP contribution in [0.5, 0.6) is 5.75 Å². The quantitative estimate of drug-likeness (QED) is 0.867. The Labute approximate surface area is 106 Å². The third-order valence-electron chi connectivity index (χ3n) is 2.78. The maximum Gasteiger partial charge on any atom is 0.229 e. The van der Waals surface area contributed by atoms with Crippen LogP contribution in [0.15, 0.2) is 22.9 Å². The molecule has 1 heterocycles. The molecule has 18 heavy (non-hydrogen) atoms. The molecule has 0 saturated carbocycles. The van der Waals surface area contributed by atoms with Gasteiger partial charge in [0.05, 0.1) is 11.8 Å². The van der Waals surface area contributed by atoms with Gasteiger partial charge in [0.15, 0.2) is 0 Å². The summed E-state index contributed by atoms with van der Waals surface area (Å²) in [5.41, 5.74) is 9.03. The van der Waals surface area contributed by atoms with Crippen LogP contribution in [0, 0.1) is 6.92 Å². The standard InChI is InChI=1S/C13H17N3O2/c1-8-4-9(11-6-15-18-13(11)14)5-10(12(8)17)7-16(2)3/h4-6,17H,7,14H2,1-3H3. The highest BCUT2D eigenvalue weighted by atomic mass is 16.5. The highest BCUT2D eigenvalue weighted by molar-refractivity contribution is 5.74. The SMILES string of the molecule is Cc1cc(-c2cnoc2N)cc(CN(C)C)c1O. The van der Waals surface area contributed by atoms with Gasteiger partial charge in [-0.15, -0.1) is 0 Å². The molecule has 0 atom stereocenters. The van der Waals surface area contributed by atoms with Gasteiger partial charge in [0, 0.05) is 12.1 Å². The molecular weight excluding hydrogens is 230 g/mol. The molecule has 0 aliphatic heterocycles. The van der Waals surface area contributed by atoms with Gasteiger partial charge in [0.1, 0.15) is 5.75 Å². The van der Waals surface area contributed by atoms with Crippen molar-refractivity contribution in [3.8, 4) is 16.9 Å². The van der Waals surface area contributed by atoms with Crippen LogP contribution >= 0.6 is 0 Å². The van der Waals surface area contributed by atoms with E-state index >= 15 is 0 Å². The highest BCUT2D eigenvalue weighted by Gasteiger charge is 2.13. The van der Waals surface area contributed by atoms with Crippen LogP contribution in [0.1, 0.15) is 11.1 Å². The summed E-state index contributed by atoms with van der Waals surface area (Å²) in [6.45, 7) is 2.52. The lowest BCUT2D eigenvalue weighted by Gasteiger charge is -2.14. The lowest BCUT2D eigenvalue weighted by Crippen LogP contribution is -2.11. The second-order valence-electron chi connectivity index (χ2n) is 4.64. The third-order valence-corrected chi connectivity index (χ3v) is 2.78. The fourth-order valence-electron chi connectivity index (χ4n) is 1.93. The molecule has 0 amide bonds. The molecule has 0 aliphatic rings. The molecule has 0 spiro atoms. The van der Waals surface area contributed by atoms with E-state index in [0.717, 1.165) is 22.3 Å². The van der Waals surface area contributed by atoms with E-state index in [1.807, 2.05) is 38.1 Å². The number of aryl methyl sites for hydroxylation is 1. The smallest absolute Gasteiger partial charge is 0.229 e. The average molecular weight is 247 g/mol. The van der Waals surface area contributed by atoms with Crippen LogP contribution in [0.3, 0.4) is 0 Å². The molecule has 0 bridgehead atoms. The van der Waals surface area contributed by atoms with Crippen molar-refractivity contribution in [3.05, 3.63) is 29.5 Å². The van der Waals surface area contributed by atoms with Gasteiger partial charge in [-0.25, -0.2) is 0 Å². The van der Waals surface area contributed by atoms with Crippen molar-refractivity contribution in [1.82, 2.24) is 10.1 Å². The van der Waals surface area contributed by atoms with Crippen LogP contribution in [0.25, 0.3) is 11.1 Å². The van der Waals surface area contributed by atoms with Gasteiger partial charge in [-0.3, -0.25) is 0 Å². The zero-order chi connectivity index (χ0) is 13.3. The van der Waals surface area contributed by atoms with Crippen molar-refractivity contribution in [1.29, 1.82) is 0 Å². The van der Waals surface area contributed by atoms with Crippen LogP contribution in [-0.2, 0) is 6.54 Å². The molecule has 0 aliphatic carbocycles. The van der Waals surface area contributed by atoms with Gasteiger partial charge in [0.2, 0.25) is 5.88 Å². The van der Waals surface area contributed by atoms with Crippen molar-refractivity contribution in [2.24, 2.45) is 0 Å². The number of anilines is 1. The molecular formula is C13H17N3O2. The first-order chi connectivity index (χ1) is 8.49. The third kappa shape index (κ3) is 2.31. The fourth-order valence-corrected chi connectivity index (χ4v) is 1.93. The Bertz CT molecular complexity index is 561. The summed E-state index contributed by atoms with van der Waals surface area (Å²) >= 11 is 0. The molecule has 0 saturated heterocycles. The lowest BCUT2D eigenvalue weighted by molar-refractivity contribution is 0.385. The van der Waals surface area contributed by atoms with Gasteiger partial charge < -0.3 is 20.3 Å². The van der Waals surface area contributed by atoms with Crippen LogP contribution in [0.4, 0.5) is 5.88 Å². The minimum atomic E-state index is 0.288. The number of hydrogen-bond donors (Lipinski definition) is 2. The number of rotatable bonds is 3. The molecule has 1 aromatic carbocycles. The van der Waals surface area contributed by atoms with Crippen molar-refractivity contribution < 1.29 is 9.63 Å². The summed E-state index contributed by atoms with van der Waals surface area (Å²) in [6, 6.07) is 3.78. The summed E-state index contributed by atoms with van der Waals surface area (Å²) in [5, 5.41) is 13.7. The van der Waals surface area contributed by atoms with E-state index in [0.29, 0.717) is 12.3 Å². The molecule has 5 nitrogen and oxygen atoms in total. The normalized spacial score (nSPS) is 11.1. The Balaban J connectivity index is 2.51. The Morgan fingerprint density at radius 2 is 2.11 bits per heavy atom. The van der Waals surface area contributed by atoms with Crippen molar-refractivity contribution in [3.63, 3.8) is 0 Å². The maximum absolute atomic E-state index is 10.0. The van der Waals surface area contributed by atoms with Crippen LogP contribution in [0.2, 0.25) is 0 Å². The van der Waals surface area contributed by atoms with E-state index in [9.17, 15) is 5.11 Å². The van der Waals surface area contributed by atoms with Gasteiger partial charge in [-0.05, 0) is 44.3 Å². The number of nitrogen functional groups attached to an aromatic ring is 1. The number of phenols is 1. The Morgan fingerprint density at radius 1 is 1.39 bits per heavy atom. The Morgan fingerprint density at radius 3 is 2.67 bits per heavy atom. The molecule has 1 aromatic heterocycles. The van der Waals surface area contributed by atoms with E-state index < -0.39 is 0 Å². The van der Waals surface area contributed by atoms with E-state index in [2.05, 4.69) is 5.16 Å². The number of nitrogens with zero attached hydrogens (tertiary/aromatic N) is 2. The predicted molar refractivity (Wildman–Crippen MR) is 70.1 cm³/mol. The monoisotopic (exact) mass is 247 g/mol. The van der Waals surface area contributed by atoms with E-state index in [-0.39, 0.29) is 5.88 Å². The number of phenolic OH excluding ortho intramolecular Hbond substituents is 1. The minimum absolute atomic E-state index is 0.288. The molecule has 5 heteroatoms. The molecule has 96 valence electrons. The highest BCUT2D eigenvalue weighted by Crippen LogP contribution is 2.32. The van der Waals surface area contributed by atoms with E-state index in [1.165, 1.54) is 0 Å².